The van der Waals surface area contributed by atoms with E-state index in [0.717, 1.165) is 23.5 Å². The molecule has 1 heterocycles. The van der Waals surface area contributed by atoms with E-state index >= 15 is 0 Å². The Bertz CT molecular complexity index is 813. The molecule has 0 N–H and O–H groups in total. The lowest BCUT2D eigenvalue weighted by Gasteiger charge is -2.06. The molecule has 3 rings (SSSR count). The molecule has 0 bridgehead atoms. The van der Waals surface area contributed by atoms with Crippen LogP contribution in [0.3, 0.4) is 0 Å². The normalized spacial score (nSPS) is 11.8. The Morgan fingerprint density at radius 1 is 1.00 bits per heavy atom. The Hall–Kier alpha value is -2.13. The fourth-order valence-electron chi connectivity index (χ4n) is 2.47. The summed E-state index contributed by atoms with van der Waals surface area (Å²) in [5.41, 5.74) is 4.90. The number of nitrogens with zero attached hydrogens (tertiary/aromatic N) is 2. The van der Waals surface area contributed by atoms with Gasteiger partial charge >= 0.3 is 0 Å². The lowest BCUT2D eigenvalue weighted by Crippen LogP contribution is -2.17. The second kappa shape index (κ2) is 6.75. The Balaban J connectivity index is 1.87. The maximum Gasteiger partial charge on any atom is 0.190 e. The Labute approximate surface area is 135 Å². The third-order valence-electron chi connectivity index (χ3n) is 3.68. The summed E-state index contributed by atoms with van der Waals surface area (Å²) in [6, 6.07) is 19.0. The van der Waals surface area contributed by atoms with Gasteiger partial charge in [0.05, 0.1) is 5.69 Å². The van der Waals surface area contributed by atoms with E-state index in [4.69, 9.17) is 4.99 Å². The number of aryl methyl sites for hydroxylation is 3. The van der Waals surface area contributed by atoms with E-state index in [1.165, 1.54) is 16.8 Å². The molecule has 3 heteroatoms. The molecule has 0 spiro atoms. The van der Waals surface area contributed by atoms with Crippen molar-refractivity contribution in [3.63, 3.8) is 0 Å². The molecular formula is C19H20N2S. The number of benzene rings is 2. The van der Waals surface area contributed by atoms with Gasteiger partial charge in [0.15, 0.2) is 4.80 Å². The zero-order chi connectivity index (χ0) is 15.4. The molecule has 0 aliphatic carbocycles. The maximum atomic E-state index is 4.82. The first kappa shape index (κ1) is 14.8. The summed E-state index contributed by atoms with van der Waals surface area (Å²) >= 11 is 1.71. The van der Waals surface area contributed by atoms with Crippen LogP contribution in [0.4, 0.5) is 5.69 Å². The van der Waals surface area contributed by atoms with Gasteiger partial charge in [0.2, 0.25) is 0 Å². The molecule has 0 saturated carbocycles. The van der Waals surface area contributed by atoms with Gasteiger partial charge in [-0.2, -0.15) is 0 Å². The molecule has 2 aromatic carbocycles. The van der Waals surface area contributed by atoms with Crippen LogP contribution in [0.25, 0.3) is 0 Å². The van der Waals surface area contributed by atoms with Crippen LogP contribution in [0, 0.1) is 13.8 Å². The van der Waals surface area contributed by atoms with Gasteiger partial charge in [-0.05, 0) is 43.5 Å². The minimum Gasteiger partial charge on any atom is -0.321 e. The van der Waals surface area contributed by atoms with Crippen molar-refractivity contribution in [3.8, 4) is 0 Å². The highest BCUT2D eigenvalue weighted by molar-refractivity contribution is 7.07. The summed E-state index contributed by atoms with van der Waals surface area (Å²) in [5, 5.41) is 2.18. The molecule has 0 atom stereocenters. The van der Waals surface area contributed by atoms with E-state index in [1.54, 1.807) is 11.3 Å². The number of rotatable bonds is 4. The summed E-state index contributed by atoms with van der Waals surface area (Å²) in [6.45, 7) is 5.21. The Morgan fingerprint density at radius 3 is 2.59 bits per heavy atom. The van der Waals surface area contributed by atoms with Crippen LogP contribution < -0.4 is 4.80 Å². The minimum atomic E-state index is 0.962. The first-order valence-corrected chi connectivity index (χ1v) is 8.40. The molecule has 112 valence electrons. The van der Waals surface area contributed by atoms with E-state index in [0.29, 0.717) is 0 Å². The van der Waals surface area contributed by atoms with Gasteiger partial charge in [0, 0.05) is 17.6 Å². The molecular weight excluding hydrogens is 288 g/mol. The highest BCUT2D eigenvalue weighted by Crippen LogP contribution is 2.13. The van der Waals surface area contributed by atoms with Gasteiger partial charge in [-0.1, -0.05) is 42.5 Å². The maximum absolute atomic E-state index is 4.82. The van der Waals surface area contributed by atoms with Crippen molar-refractivity contribution in [3.05, 3.63) is 81.6 Å². The SMILES string of the molecule is Cc1cccc(N=c2scc(C)n2CCc2ccccc2)c1. The van der Waals surface area contributed by atoms with E-state index in [-0.39, 0.29) is 0 Å². The van der Waals surface area contributed by atoms with Crippen molar-refractivity contribution >= 4 is 17.0 Å². The molecule has 0 fully saturated rings. The van der Waals surface area contributed by atoms with Gasteiger partial charge in [-0.25, -0.2) is 4.99 Å². The van der Waals surface area contributed by atoms with E-state index < -0.39 is 0 Å². The van der Waals surface area contributed by atoms with E-state index in [9.17, 15) is 0 Å². The molecule has 0 aliphatic rings. The van der Waals surface area contributed by atoms with Crippen LogP contribution in [0.15, 0.2) is 65.0 Å². The quantitative estimate of drug-likeness (QED) is 0.668. The van der Waals surface area contributed by atoms with Gasteiger partial charge in [-0.3, -0.25) is 0 Å². The van der Waals surface area contributed by atoms with Crippen molar-refractivity contribution in [2.75, 3.05) is 0 Å². The molecule has 2 nitrogen and oxygen atoms in total. The molecule has 0 aliphatic heterocycles. The molecule has 1 aromatic heterocycles. The summed E-state index contributed by atoms with van der Waals surface area (Å²) in [4.78, 5) is 5.89. The Morgan fingerprint density at radius 2 is 1.82 bits per heavy atom. The fraction of sp³-hybridized carbons (Fsp3) is 0.211. The van der Waals surface area contributed by atoms with E-state index in [1.807, 2.05) is 0 Å². The summed E-state index contributed by atoms with van der Waals surface area (Å²) in [6.07, 6.45) is 1.03. The lowest BCUT2D eigenvalue weighted by atomic mass is 10.1. The third-order valence-corrected chi connectivity index (χ3v) is 4.67. The van der Waals surface area contributed by atoms with Crippen LogP contribution in [-0.4, -0.2) is 4.57 Å². The number of hydrogen-bond acceptors (Lipinski definition) is 2. The van der Waals surface area contributed by atoms with Gasteiger partial charge < -0.3 is 4.57 Å². The van der Waals surface area contributed by atoms with Crippen molar-refractivity contribution in [1.29, 1.82) is 0 Å². The predicted octanol–water partition coefficient (Wildman–Crippen LogP) is 4.64. The zero-order valence-corrected chi connectivity index (χ0v) is 13.8. The summed E-state index contributed by atoms with van der Waals surface area (Å²) in [7, 11) is 0. The smallest absolute Gasteiger partial charge is 0.190 e. The monoisotopic (exact) mass is 308 g/mol. The predicted molar refractivity (Wildman–Crippen MR) is 93.6 cm³/mol. The molecule has 22 heavy (non-hydrogen) atoms. The van der Waals surface area contributed by atoms with Crippen molar-refractivity contribution in [1.82, 2.24) is 4.57 Å². The average Bonchev–Trinajstić information content (AvgIpc) is 2.86. The fourth-order valence-corrected chi connectivity index (χ4v) is 3.39. The number of thiazole rings is 1. The summed E-state index contributed by atoms with van der Waals surface area (Å²) < 4.78 is 2.31. The highest BCUT2D eigenvalue weighted by atomic mass is 32.1. The van der Waals surface area contributed by atoms with E-state index in [2.05, 4.69) is 78.4 Å². The molecule has 3 aromatic rings. The molecule has 0 amide bonds. The van der Waals surface area contributed by atoms with Gasteiger partial charge in [0.1, 0.15) is 0 Å². The number of hydrogen-bond donors (Lipinski definition) is 0. The average molecular weight is 308 g/mol. The summed E-state index contributed by atoms with van der Waals surface area (Å²) in [5.74, 6) is 0. The zero-order valence-electron chi connectivity index (χ0n) is 13.0. The van der Waals surface area contributed by atoms with Crippen molar-refractivity contribution in [2.45, 2.75) is 26.8 Å². The molecule has 0 radical (unpaired) electrons. The van der Waals surface area contributed by atoms with Crippen LogP contribution in [0.1, 0.15) is 16.8 Å². The van der Waals surface area contributed by atoms with Crippen LogP contribution in [-0.2, 0) is 13.0 Å². The van der Waals surface area contributed by atoms with Crippen molar-refractivity contribution < 1.29 is 0 Å². The first-order valence-electron chi connectivity index (χ1n) is 7.52. The lowest BCUT2D eigenvalue weighted by molar-refractivity contribution is 0.658. The van der Waals surface area contributed by atoms with Crippen molar-refractivity contribution in [2.24, 2.45) is 4.99 Å². The molecule has 0 saturated heterocycles. The van der Waals surface area contributed by atoms with Gasteiger partial charge in [-0.15, -0.1) is 11.3 Å². The topological polar surface area (TPSA) is 17.3 Å². The van der Waals surface area contributed by atoms with Crippen LogP contribution in [0.2, 0.25) is 0 Å². The Kier molecular flexibility index (Phi) is 4.54. The number of aromatic nitrogens is 1. The molecule has 0 unspecified atom stereocenters. The van der Waals surface area contributed by atoms with Crippen LogP contribution in [0.5, 0.6) is 0 Å². The largest absolute Gasteiger partial charge is 0.321 e. The highest BCUT2D eigenvalue weighted by Gasteiger charge is 2.02. The van der Waals surface area contributed by atoms with Crippen LogP contribution >= 0.6 is 11.3 Å². The van der Waals surface area contributed by atoms with Gasteiger partial charge in [0.25, 0.3) is 0 Å². The minimum absolute atomic E-state index is 0.962. The second-order valence-corrected chi connectivity index (χ2v) is 6.33. The second-order valence-electron chi connectivity index (χ2n) is 5.50. The third kappa shape index (κ3) is 3.55. The first-order chi connectivity index (χ1) is 10.7. The standard InChI is InChI=1S/C19H20N2S/c1-15-7-6-10-18(13-15)20-19-21(16(2)14-22-19)12-11-17-8-4-3-5-9-17/h3-10,13-14H,11-12H2,1-2H3.